The molecule has 0 radical (unpaired) electrons. The van der Waals surface area contributed by atoms with Crippen molar-refractivity contribution in [2.75, 3.05) is 27.2 Å². The van der Waals surface area contributed by atoms with E-state index in [9.17, 15) is 9.90 Å². The summed E-state index contributed by atoms with van der Waals surface area (Å²) in [4.78, 5) is 16.5. The molecule has 1 atom stereocenters. The molecule has 0 aromatic heterocycles. The molecular formula is C15H22N2O2. The Morgan fingerprint density at radius 3 is 2.89 bits per heavy atom. The predicted octanol–water partition coefficient (Wildman–Crippen LogP) is 1.87. The van der Waals surface area contributed by atoms with Gasteiger partial charge < -0.3 is 14.9 Å². The zero-order chi connectivity index (χ0) is 14.0. The minimum Gasteiger partial charge on any atom is -0.508 e. The second kappa shape index (κ2) is 5.61. The lowest BCUT2D eigenvalue weighted by molar-refractivity contribution is 0.0760. The highest BCUT2D eigenvalue weighted by Crippen LogP contribution is 2.22. The van der Waals surface area contributed by atoms with Crippen LogP contribution in [0.5, 0.6) is 5.75 Å². The first kappa shape index (κ1) is 13.9. The molecule has 0 spiro atoms. The molecule has 0 bridgehead atoms. The number of hydrogen-bond donors (Lipinski definition) is 1. The van der Waals surface area contributed by atoms with Crippen LogP contribution in [0.4, 0.5) is 0 Å². The van der Waals surface area contributed by atoms with Crippen LogP contribution in [0.3, 0.4) is 0 Å². The van der Waals surface area contributed by atoms with Crippen molar-refractivity contribution in [1.29, 1.82) is 0 Å². The molecule has 1 heterocycles. The summed E-state index contributed by atoms with van der Waals surface area (Å²) in [6.45, 7) is 3.63. The van der Waals surface area contributed by atoms with Crippen molar-refractivity contribution in [3.63, 3.8) is 0 Å². The van der Waals surface area contributed by atoms with Crippen molar-refractivity contribution in [2.24, 2.45) is 0 Å². The number of phenolic OH excluding ortho intramolecular Hbond substituents is 1. The summed E-state index contributed by atoms with van der Waals surface area (Å²) < 4.78 is 0. The van der Waals surface area contributed by atoms with Gasteiger partial charge in [-0.3, -0.25) is 4.79 Å². The summed E-state index contributed by atoms with van der Waals surface area (Å²) in [5, 5.41) is 9.68. The Bertz CT molecular complexity index is 473. The number of benzene rings is 1. The van der Waals surface area contributed by atoms with Crippen LogP contribution in [0.15, 0.2) is 18.2 Å². The number of carbonyl (C=O) groups excluding carboxylic acids is 1. The molecule has 2 rings (SSSR count). The van der Waals surface area contributed by atoms with Gasteiger partial charge in [0.25, 0.3) is 5.91 Å². The Kier molecular flexibility index (Phi) is 4.10. The van der Waals surface area contributed by atoms with E-state index in [-0.39, 0.29) is 11.7 Å². The molecule has 1 aromatic rings. The highest BCUT2D eigenvalue weighted by atomic mass is 16.3. The Morgan fingerprint density at radius 1 is 1.53 bits per heavy atom. The van der Waals surface area contributed by atoms with E-state index in [2.05, 4.69) is 11.9 Å². The van der Waals surface area contributed by atoms with Crippen LogP contribution in [-0.4, -0.2) is 54.0 Å². The van der Waals surface area contributed by atoms with Crippen molar-refractivity contribution < 1.29 is 9.90 Å². The molecule has 104 valence electrons. The lowest BCUT2D eigenvalue weighted by Gasteiger charge is -2.26. The summed E-state index contributed by atoms with van der Waals surface area (Å²) in [7, 11) is 3.94. The van der Waals surface area contributed by atoms with Crippen LogP contribution in [0.1, 0.15) is 28.8 Å². The molecule has 1 aromatic carbocycles. The molecule has 1 unspecified atom stereocenters. The van der Waals surface area contributed by atoms with E-state index < -0.39 is 0 Å². The van der Waals surface area contributed by atoms with Gasteiger partial charge in [0.05, 0.1) is 0 Å². The van der Waals surface area contributed by atoms with Gasteiger partial charge in [0.15, 0.2) is 0 Å². The van der Waals surface area contributed by atoms with Gasteiger partial charge in [-0.05, 0) is 45.5 Å². The first-order chi connectivity index (χ1) is 9.00. The second-order valence-corrected chi connectivity index (χ2v) is 5.41. The maximum atomic E-state index is 12.4. The second-order valence-electron chi connectivity index (χ2n) is 5.41. The van der Waals surface area contributed by atoms with Gasteiger partial charge in [0.2, 0.25) is 0 Å². The van der Waals surface area contributed by atoms with E-state index in [0.717, 1.165) is 19.5 Å². The summed E-state index contributed by atoms with van der Waals surface area (Å²) in [5.41, 5.74) is 1.24. The van der Waals surface area contributed by atoms with Gasteiger partial charge in [0.1, 0.15) is 5.75 Å². The summed E-state index contributed by atoms with van der Waals surface area (Å²) in [5.74, 6) is 0.158. The predicted molar refractivity (Wildman–Crippen MR) is 75.5 cm³/mol. The SMILES string of the molecule is Cc1c(O)cccc1C(=O)N(C)CC1CCCN1C. The van der Waals surface area contributed by atoms with E-state index in [1.165, 1.54) is 6.42 Å². The highest BCUT2D eigenvalue weighted by molar-refractivity contribution is 5.96. The number of hydrogen-bond acceptors (Lipinski definition) is 3. The number of aromatic hydroxyl groups is 1. The van der Waals surface area contributed by atoms with Crippen LogP contribution in [-0.2, 0) is 0 Å². The van der Waals surface area contributed by atoms with Gasteiger partial charge in [-0.25, -0.2) is 0 Å². The molecule has 1 aliphatic rings. The van der Waals surface area contributed by atoms with E-state index in [1.807, 2.05) is 7.05 Å². The van der Waals surface area contributed by atoms with Crippen molar-refractivity contribution in [3.05, 3.63) is 29.3 Å². The van der Waals surface area contributed by atoms with E-state index in [0.29, 0.717) is 17.2 Å². The molecular weight excluding hydrogens is 240 g/mol. The molecule has 0 saturated carbocycles. The number of nitrogens with zero attached hydrogens (tertiary/aromatic N) is 2. The monoisotopic (exact) mass is 262 g/mol. The first-order valence-corrected chi connectivity index (χ1v) is 6.75. The molecule has 19 heavy (non-hydrogen) atoms. The van der Waals surface area contributed by atoms with Crippen LogP contribution in [0.2, 0.25) is 0 Å². The number of rotatable bonds is 3. The van der Waals surface area contributed by atoms with E-state index in [1.54, 1.807) is 30.0 Å². The minimum absolute atomic E-state index is 0.0197. The average molecular weight is 262 g/mol. The van der Waals surface area contributed by atoms with Gasteiger partial charge in [-0.15, -0.1) is 0 Å². The van der Waals surface area contributed by atoms with Crippen molar-refractivity contribution >= 4 is 5.91 Å². The molecule has 1 saturated heterocycles. The van der Waals surface area contributed by atoms with Gasteiger partial charge in [0, 0.05) is 30.8 Å². The Morgan fingerprint density at radius 2 is 2.26 bits per heavy atom. The molecule has 4 nitrogen and oxygen atoms in total. The van der Waals surface area contributed by atoms with E-state index >= 15 is 0 Å². The van der Waals surface area contributed by atoms with Gasteiger partial charge in [-0.2, -0.15) is 0 Å². The normalized spacial score (nSPS) is 19.6. The highest BCUT2D eigenvalue weighted by Gasteiger charge is 2.25. The lowest BCUT2D eigenvalue weighted by Crippen LogP contribution is -2.39. The minimum atomic E-state index is -0.0197. The van der Waals surface area contributed by atoms with Crippen LogP contribution >= 0.6 is 0 Å². The topological polar surface area (TPSA) is 43.8 Å². The standard InChI is InChI=1S/C15H22N2O2/c1-11-13(7-4-8-14(11)18)15(19)17(3)10-12-6-5-9-16(12)2/h4,7-8,12,18H,5-6,9-10H2,1-3H3. The van der Waals surface area contributed by atoms with Crippen molar-refractivity contribution in [2.45, 2.75) is 25.8 Å². The van der Waals surface area contributed by atoms with Crippen LogP contribution in [0, 0.1) is 6.92 Å². The average Bonchev–Trinajstić information content (AvgIpc) is 2.77. The number of likely N-dealkylation sites (N-methyl/N-ethyl adjacent to an activating group) is 2. The fraction of sp³-hybridized carbons (Fsp3) is 0.533. The van der Waals surface area contributed by atoms with Crippen molar-refractivity contribution in [1.82, 2.24) is 9.80 Å². The first-order valence-electron chi connectivity index (χ1n) is 6.75. The van der Waals surface area contributed by atoms with Gasteiger partial charge >= 0.3 is 0 Å². The Balaban J connectivity index is 2.08. The zero-order valence-electron chi connectivity index (χ0n) is 11.9. The third-order valence-electron chi connectivity index (χ3n) is 4.04. The van der Waals surface area contributed by atoms with Crippen LogP contribution in [0.25, 0.3) is 0 Å². The van der Waals surface area contributed by atoms with E-state index in [4.69, 9.17) is 0 Å². The number of phenols is 1. The third kappa shape index (κ3) is 2.89. The maximum absolute atomic E-state index is 12.4. The molecule has 1 aliphatic heterocycles. The third-order valence-corrected chi connectivity index (χ3v) is 4.04. The summed E-state index contributed by atoms with van der Waals surface area (Å²) >= 11 is 0. The molecule has 4 heteroatoms. The molecule has 1 N–H and O–H groups in total. The maximum Gasteiger partial charge on any atom is 0.254 e. The fourth-order valence-corrected chi connectivity index (χ4v) is 2.67. The lowest BCUT2D eigenvalue weighted by atomic mass is 10.1. The smallest absolute Gasteiger partial charge is 0.254 e. The van der Waals surface area contributed by atoms with Gasteiger partial charge in [-0.1, -0.05) is 6.07 Å². The molecule has 0 aliphatic carbocycles. The largest absolute Gasteiger partial charge is 0.508 e. The number of likely N-dealkylation sites (tertiary alicyclic amines) is 1. The fourth-order valence-electron chi connectivity index (χ4n) is 2.67. The molecule has 1 fully saturated rings. The van der Waals surface area contributed by atoms with Crippen LogP contribution < -0.4 is 0 Å². The zero-order valence-corrected chi connectivity index (χ0v) is 11.9. The Hall–Kier alpha value is -1.55. The number of amides is 1. The quantitative estimate of drug-likeness (QED) is 0.904. The number of carbonyl (C=O) groups is 1. The summed E-state index contributed by atoms with van der Waals surface area (Å²) in [6.07, 6.45) is 2.35. The molecule has 1 amide bonds. The van der Waals surface area contributed by atoms with Crippen molar-refractivity contribution in [3.8, 4) is 5.75 Å². The summed E-state index contributed by atoms with van der Waals surface area (Å²) in [6, 6.07) is 5.54. The Labute approximate surface area is 114 Å².